The number of nitrogens with zero attached hydrogens (tertiary/aromatic N) is 1. The molecule has 0 aliphatic carbocycles. The fraction of sp³-hybridized carbons (Fsp3) is 0.714. The summed E-state index contributed by atoms with van der Waals surface area (Å²) in [6, 6.07) is 1.70. The summed E-state index contributed by atoms with van der Waals surface area (Å²) < 4.78 is 17.2. The van der Waals surface area contributed by atoms with Gasteiger partial charge in [0.2, 0.25) is 5.90 Å². The zero-order chi connectivity index (χ0) is 9.07. The van der Waals surface area contributed by atoms with Crippen molar-refractivity contribution in [2.45, 2.75) is 20.0 Å². The molecule has 2 atom stereocenters. The minimum absolute atomic E-state index is 0.338. The molecule has 3 nitrogen and oxygen atoms in total. The first-order valence-corrected chi connectivity index (χ1v) is 3.17. The SMILES string of the molecule is COC(=N)C(C)(C#N)C(C)F. The Kier molecular flexibility index (Phi) is 2.99. The molecule has 1 N–H and O–H groups in total. The Morgan fingerprint density at radius 3 is 2.36 bits per heavy atom. The third-order valence-electron chi connectivity index (χ3n) is 1.70. The lowest BCUT2D eigenvalue weighted by molar-refractivity contribution is 0.221. The highest BCUT2D eigenvalue weighted by Gasteiger charge is 2.37. The van der Waals surface area contributed by atoms with Crippen LogP contribution in [0, 0.1) is 22.2 Å². The van der Waals surface area contributed by atoms with Crippen molar-refractivity contribution in [1.82, 2.24) is 0 Å². The van der Waals surface area contributed by atoms with Crippen LogP contribution < -0.4 is 0 Å². The number of ether oxygens (including phenoxy) is 1. The summed E-state index contributed by atoms with van der Waals surface area (Å²) in [5.74, 6) is -0.338. The lowest BCUT2D eigenvalue weighted by Crippen LogP contribution is -2.34. The van der Waals surface area contributed by atoms with Crippen LogP contribution in [0.4, 0.5) is 4.39 Å². The molecule has 0 saturated heterocycles. The van der Waals surface area contributed by atoms with Gasteiger partial charge in [-0.3, -0.25) is 5.41 Å². The van der Waals surface area contributed by atoms with Crippen molar-refractivity contribution in [2.24, 2.45) is 5.41 Å². The first-order chi connectivity index (χ1) is 4.99. The van der Waals surface area contributed by atoms with E-state index in [1.54, 1.807) is 6.07 Å². The van der Waals surface area contributed by atoms with E-state index in [1.807, 2.05) is 0 Å². The molecule has 0 aromatic rings. The van der Waals surface area contributed by atoms with Crippen molar-refractivity contribution in [3.63, 3.8) is 0 Å². The molecule has 11 heavy (non-hydrogen) atoms. The molecule has 0 heterocycles. The van der Waals surface area contributed by atoms with Gasteiger partial charge in [-0.2, -0.15) is 5.26 Å². The van der Waals surface area contributed by atoms with E-state index in [-0.39, 0.29) is 5.90 Å². The van der Waals surface area contributed by atoms with E-state index in [1.165, 1.54) is 21.0 Å². The highest BCUT2D eigenvalue weighted by Crippen LogP contribution is 2.24. The maximum atomic E-state index is 12.7. The molecule has 0 bridgehead atoms. The van der Waals surface area contributed by atoms with Crippen LogP contribution in [0.2, 0.25) is 0 Å². The van der Waals surface area contributed by atoms with E-state index in [9.17, 15) is 4.39 Å². The summed E-state index contributed by atoms with van der Waals surface area (Å²) in [5, 5.41) is 15.7. The van der Waals surface area contributed by atoms with E-state index in [0.29, 0.717) is 0 Å². The lowest BCUT2D eigenvalue weighted by Gasteiger charge is -2.21. The molecule has 0 rings (SSSR count). The number of halogens is 1. The first kappa shape index (κ1) is 9.89. The minimum atomic E-state index is -1.45. The van der Waals surface area contributed by atoms with Crippen molar-refractivity contribution in [3.05, 3.63) is 0 Å². The Balaban J connectivity index is 4.64. The maximum absolute atomic E-state index is 12.7. The summed E-state index contributed by atoms with van der Waals surface area (Å²) >= 11 is 0. The van der Waals surface area contributed by atoms with Gasteiger partial charge >= 0.3 is 0 Å². The molecule has 0 amide bonds. The molecule has 4 heteroatoms. The van der Waals surface area contributed by atoms with Gasteiger partial charge in [0, 0.05) is 0 Å². The molecule has 0 radical (unpaired) electrons. The Hall–Kier alpha value is -1.11. The van der Waals surface area contributed by atoms with Crippen LogP contribution in [-0.4, -0.2) is 19.2 Å². The fourth-order valence-electron chi connectivity index (χ4n) is 0.532. The average Bonchev–Trinajstić information content (AvgIpc) is 2.01. The van der Waals surface area contributed by atoms with Gasteiger partial charge < -0.3 is 4.74 Å². The second-order valence-corrected chi connectivity index (χ2v) is 2.46. The van der Waals surface area contributed by atoms with Crippen molar-refractivity contribution in [3.8, 4) is 6.07 Å². The van der Waals surface area contributed by atoms with Crippen molar-refractivity contribution in [1.29, 1.82) is 10.7 Å². The van der Waals surface area contributed by atoms with E-state index in [4.69, 9.17) is 10.7 Å². The number of hydrogen-bond acceptors (Lipinski definition) is 3. The molecule has 0 aliphatic rings. The Morgan fingerprint density at radius 2 is 2.27 bits per heavy atom. The maximum Gasteiger partial charge on any atom is 0.203 e. The molecule has 0 aliphatic heterocycles. The second-order valence-electron chi connectivity index (χ2n) is 2.46. The van der Waals surface area contributed by atoms with Gasteiger partial charge in [-0.15, -0.1) is 0 Å². The van der Waals surface area contributed by atoms with Crippen LogP contribution in [0.1, 0.15) is 13.8 Å². The average molecular weight is 158 g/mol. The molecule has 62 valence electrons. The van der Waals surface area contributed by atoms with Gasteiger partial charge in [0.1, 0.15) is 6.17 Å². The van der Waals surface area contributed by atoms with Gasteiger partial charge in [0.05, 0.1) is 13.2 Å². The minimum Gasteiger partial charge on any atom is -0.483 e. The summed E-state index contributed by atoms with van der Waals surface area (Å²) in [4.78, 5) is 0. The predicted octanol–water partition coefficient (Wildman–Crippen LogP) is 1.50. The molecular weight excluding hydrogens is 147 g/mol. The number of nitriles is 1. The van der Waals surface area contributed by atoms with Crippen molar-refractivity contribution >= 4 is 5.90 Å². The monoisotopic (exact) mass is 158 g/mol. The molecule has 0 aromatic carbocycles. The normalized spacial score (nSPS) is 17.7. The first-order valence-electron chi connectivity index (χ1n) is 3.17. The smallest absolute Gasteiger partial charge is 0.203 e. The van der Waals surface area contributed by atoms with Crippen LogP contribution in [-0.2, 0) is 4.74 Å². The topological polar surface area (TPSA) is 56.9 Å². The molecule has 0 fully saturated rings. The fourth-order valence-corrected chi connectivity index (χ4v) is 0.532. The number of nitrogens with one attached hydrogen (secondary N) is 1. The van der Waals surface area contributed by atoms with Gasteiger partial charge in [-0.1, -0.05) is 0 Å². The molecule has 0 aromatic heterocycles. The number of methoxy groups -OCH3 is 1. The van der Waals surface area contributed by atoms with Crippen molar-refractivity contribution < 1.29 is 9.13 Å². The number of alkyl halides is 1. The van der Waals surface area contributed by atoms with Gasteiger partial charge in [0.25, 0.3) is 0 Å². The molecule has 0 spiro atoms. The van der Waals surface area contributed by atoms with Crippen molar-refractivity contribution in [2.75, 3.05) is 7.11 Å². The summed E-state index contributed by atoms with van der Waals surface area (Å²) in [6.07, 6.45) is -1.40. The van der Waals surface area contributed by atoms with Crippen LogP contribution >= 0.6 is 0 Å². The quantitative estimate of drug-likeness (QED) is 0.489. The summed E-state index contributed by atoms with van der Waals surface area (Å²) in [5.41, 5.74) is -1.45. The zero-order valence-corrected chi connectivity index (χ0v) is 6.81. The van der Waals surface area contributed by atoms with Gasteiger partial charge in [-0.25, -0.2) is 4.39 Å². The largest absolute Gasteiger partial charge is 0.483 e. The number of rotatable bonds is 2. The standard InChI is InChI=1S/C7H11FN2O/c1-5(8)7(2,4-9)6(10)11-3/h5,10H,1-3H3. The Morgan fingerprint density at radius 1 is 1.82 bits per heavy atom. The van der Waals surface area contributed by atoms with Crippen LogP contribution in [0.5, 0.6) is 0 Å². The van der Waals surface area contributed by atoms with Crippen LogP contribution in [0.25, 0.3) is 0 Å². The van der Waals surface area contributed by atoms with E-state index >= 15 is 0 Å². The van der Waals surface area contributed by atoms with Crippen LogP contribution in [0.3, 0.4) is 0 Å². The van der Waals surface area contributed by atoms with Gasteiger partial charge in [-0.05, 0) is 13.8 Å². The lowest BCUT2D eigenvalue weighted by atomic mass is 9.87. The summed E-state index contributed by atoms with van der Waals surface area (Å²) in [7, 11) is 1.25. The van der Waals surface area contributed by atoms with E-state index < -0.39 is 11.6 Å². The van der Waals surface area contributed by atoms with E-state index in [0.717, 1.165) is 0 Å². The van der Waals surface area contributed by atoms with Gasteiger partial charge in [0.15, 0.2) is 5.41 Å². The predicted molar refractivity (Wildman–Crippen MR) is 39.0 cm³/mol. The van der Waals surface area contributed by atoms with E-state index in [2.05, 4.69) is 4.74 Å². The Labute approximate surface area is 65.3 Å². The van der Waals surface area contributed by atoms with Crippen LogP contribution in [0.15, 0.2) is 0 Å². The highest BCUT2D eigenvalue weighted by molar-refractivity contribution is 5.82. The third kappa shape index (κ3) is 1.67. The third-order valence-corrected chi connectivity index (χ3v) is 1.70. The zero-order valence-electron chi connectivity index (χ0n) is 6.81. The molecule has 2 unspecified atom stereocenters. The second kappa shape index (κ2) is 3.33. The molecule has 0 saturated carbocycles. The molecular formula is C7H11FN2O. The highest BCUT2D eigenvalue weighted by atomic mass is 19.1. The Bertz CT molecular complexity index is 197. The number of hydrogen-bond donors (Lipinski definition) is 1. The summed E-state index contributed by atoms with van der Waals surface area (Å²) in [6.45, 7) is 2.57.